The first kappa shape index (κ1) is 21.2. The number of carbonyl (C=O) groups excluding carboxylic acids is 1. The molecular formula is C24H29N5O2. The second-order valence-corrected chi connectivity index (χ2v) is 8.24. The Bertz CT molecular complexity index is 944. The van der Waals surface area contributed by atoms with E-state index in [1.165, 1.54) is 5.56 Å². The number of amides is 1. The van der Waals surface area contributed by atoms with Gasteiger partial charge in [-0.25, -0.2) is 0 Å². The third kappa shape index (κ3) is 5.76. The van der Waals surface area contributed by atoms with Gasteiger partial charge in [0, 0.05) is 24.6 Å². The van der Waals surface area contributed by atoms with Gasteiger partial charge in [0.25, 0.3) is 0 Å². The highest BCUT2D eigenvalue weighted by Crippen LogP contribution is 2.24. The molecule has 2 N–H and O–H groups in total. The summed E-state index contributed by atoms with van der Waals surface area (Å²) in [6, 6.07) is 18.5. The van der Waals surface area contributed by atoms with Crippen LogP contribution < -0.4 is 0 Å². The van der Waals surface area contributed by atoms with Crippen molar-refractivity contribution in [2.45, 2.75) is 57.1 Å². The van der Waals surface area contributed by atoms with Gasteiger partial charge in [0.2, 0.25) is 11.7 Å². The average Bonchev–Trinajstić information content (AvgIpc) is 3.44. The normalized spacial score (nSPS) is 17.3. The van der Waals surface area contributed by atoms with E-state index >= 15 is 0 Å². The molecule has 0 radical (unpaired) electrons. The van der Waals surface area contributed by atoms with E-state index in [1.54, 1.807) is 0 Å². The lowest BCUT2D eigenvalue weighted by Crippen LogP contribution is -2.34. The average molecular weight is 420 g/mol. The molecule has 162 valence electrons. The quantitative estimate of drug-likeness (QED) is 0.526. The Morgan fingerprint density at radius 3 is 2.65 bits per heavy atom. The monoisotopic (exact) mass is 419 g/mol. The summed E-state index contributed by atoms with van der Waals surface area (Å²) in [6.45, 7) is 0.769. The fourth-order valence-electron chi connectivity index (χ4n) is 4.33. The van der Waals surface area contributed by atoms with Crippen LogP contribution in [-0.2, 0) is 17.6 Å². The third-order valence-corrected chi connectivity index (χ3v) is 6.02. The number of likely N-dealkylation sites (tertiary alicyclic amines) is 1. The number of nitrogens with one attached hydrogen (secondary N) is 1. The van der Waals surface area contributed by atoms with Crippen LogP contribution in [0.2, 0.25) is 0 Å². The van der Waals surface area contributed by atoms with Gasteiger partial charge in [-0.1, -0.05) is 54.6 Å². The van der Waals surface area contributed by atoms with Crippen molar-refractivity contribution in [1.82, 2.24) is 25.5 Å². The van der Waals surface area contributed by atoms with Gasteiger partial charge >= 0.3 is 0 Å². The minimum atomic E-state index is -0.363. The highest BCUT2D eigenvalue weighted by Gasteiger charge is 2.30. The minimum absolute atomic E-state index is 0.245. The van der Waals surface area contributed by atoms with Gasteiger partial charge < -0.3 is 10.0 Å². The van der Waals surface area contributed by atoms with Crippen molar-refractivity contribution < 1.29 is 9.90 Å². The maximum Gasteiger partial charge on any atom is 0.222 e. The van der Waals surface area contributed by atoms with E-state index in [2.05, 4.69) is 32.8 Å². The molecule has 0 spiro atoms. The summed E-state index contributed by atoms with van der Waals surface area (Å²) < 4.78 is 0. The highest BCUT2D eigenvalue weighted by atomic mass is 16.3. The smallest absolute Gasteiger partial charge is 0.222 e. The molecule has 2 unspecified atom stereocenters. The lowest BCUT2D eigenvalue weighted by Gasteiger charge is -2.26. The van der Waals surface area contributed by atoms with Crippen molar-refractivity contribution in [2.24, 2.45) is 0 Å². The summed E-state index contributed by atoms with van der Waals surface area (Å²) in [7, 11) is 0. The fourth-order valence-corrected chi connectivity index (χ4v) is 4.33. The van der Waals surface area contributed by atoms with Crippen molar-refractivity contribution in [3.05, 3.63) is 65.7 Å². The number of aliphatic hydroxyl groups excluding tert-OH is 1. The second kappa shape index (κ2) is 10.3. The number of aromatic nitrogens is 4. The van der Waals surface area contributed by atoms with Crippen molar-refractivity contribution in [3.8, 4) is 11.4 Å². The molecule has 1 saturated heterocycles. The molecule has 3 aromatic rings. The number of benzene rings is 2. The van der Waals surface area contributed by atoms with E-state index in [0.717, 1.165) is 49.8 Å². The number of hydrogen-bond donors (Lipinski definition) is 2. The van der Waals surface area contributed by atoms with Gasteiger partial charge in [0.15, 0.2) is 0 Å². The summed E-state index contributed by atoms with van der Waals surface area (Å²) in [5.74, 6) is 0.835. The lowest BCUT2D eigenvalue weighted by atomic mass is 10.0. The van der Waals surface area contributed by atoms with Gasteiger partial charge in [0.1, 0.15) is 0 Å². The Morgan fingerprint density at radius 1 is 1.10 bits per heavy atom. The molecule has 2 atom stereocenters. The molecule has 31 heavy (non-hydrogen) atoms. The maximum absolute atomic E-state index is 12.4. The van der Waals surface area contributed by atoms with E-state index < -0.39 is 0 Å². The summed E-state index contributed by atoms with van der Waals surface area (Å²) in [6.07, 6.45) is 5.25. The second-order valence-electron chi connectivity index (χ2n) is 8.24. The maximum atomic E-state index is 12.4. The van der Waals surface area contributed by atoms with E-state index in [1.807, 2.05) is 47.4 Å². The molecular weight excluding hydrogens is 390 g/mol. The van der Waals surface area contributed by atoms with Crippen LogP contribution in [0.25, 0.3) is 11.4 Å². The molecule has 2 heterocycles. The van der Waals surface area contributed by atoms with E-state index in [9.17, 15) is 9.90 Å². The molecule has 0 bridgehead atoms. The largest absolute Gasteiger partial charge is 0.393 e. The topological polar surface area (TPSA) is 95.0 Å². The number of tetrazole rings is 1. The van der Waals surface area contributed by atoms with Crippen molar-refractivity contribution in [3.63, 3.8) is 0 Å². The first-order valence-electron chi connectivity index (χ1n) is 11.0. The molecule has 1 amide bonds. The predicted octanol–water partition coefficient (Wildman–Crippen LogP) is 3.17. The number of H-pyrrole nitrogens is 1. The number of aliphatic hydroxyl groups is 1. The van der Waals surface area contributed by atoms with Crippen LogP contribution in [0.4, 0.5) is 0 Å². The van der Waals surface area contributed by atoms with Gasteiger partial charge in [-0.05, 0) is 54.9 Å². The van der Waals surface area contributed by atoms with E-state index in [4.69, 9.17) is 0 Å². The molecule has 7 nitrogen and oxygen atoms in total. The molecule has 0 aliphatic carbocycles. The molecule has 0 saturated carbocycles. The van der Waals surface area contributed by atoms with Crippen LogP contribution in [-0.4, -0.2) is 55.2 Å². The number of nitrogens with zero attached hydrogens (tertiary/aromatic N) is 4. The zero-order chi connectivity index (χ0) is 21.5. The highest BCUT2D eigenvalue weighted by molar-refractivity contribution is 5.78. The van der Waals surface area contributed by atoms with Gasteiger partial charge in [-0.15, -0.1) is 10.2 Å². The van der Waals surface area contributed by atoms with Crippen LogP contribution in [0.1, 0.15) is 43.2 Å². The molecule has 1 fully saturated rings. The van der Waals surface area contributed by atoms with Crippen LogP contribution in [0.5, 0.6) is 0 Å². The molecule has 1 aliphatic rings. The lowest BCUT2D eigenvalue weighted by molar-refractivity contribution is -0.129. The number of carbonyl (C=O) groups is 1. The Balaban J connectivity index is 1.23. The molecule has 1 aliphatic heterocycles. The van der Waals surface area contributed by atoms with E-state index in [-0.39, 0.29) is 18.1 Å². The standard InChI is InChI=1S/C24H29N5O2/c30-22(17-19-5-2-1-3-6-19)14-12-21-13-15-23(31)29(21)16-4-7-18-8-10-20(11-9-18)24-25-27-28-26-24/h1-3,5-6,8-11,21-22,30H,4,7,12-17H2,(H,25,26,27,28). The first-order valence-corrected chi connectivity index (χ1v) is 11.0. The number of hydrogen-bond acceptors (Lipinski definition) is 5. The minimum Gasteiger partial charge on any atom is -0.393 e. The van der Waals surface area contributed by atoms with Crippen molar-refractivity contribution in [1.29, 1.82) is 0 Å². The van der Waals surface area contributed by atoms with Crippen LogP contribution in [0.15, 0.2) is 54.6 Å². The Kier molecular flexibility index (Phi) is 7.04. The zero-order valence-corrected chi connectivity index (χ0v) is 17.7. The van der Waals surface area contributed by atoms with Crippen LogP contribution in [0.3, 0.4) is 0 Å². The third-order valence-electron chi connectivity index (χ3n) is 6.02. The number of aryl methyl sites for hydroxylation is 1. The van der Waals surface area contributed by atoms with Crippen LogP contribution >= 0.6 is 0 Å². The first-order chi connectivity index (χ1) is 15.2. The van der Waals surface area contributed by atoms with E-state index in [0.29, 0.717) is 18.7 Å². The summed E-state index contributed by atoms with van der Waals surface area (Å²) in [4.78, 5) is 14.4. The van der Waals surface area contributed by atoms with Crippen molar-refractivity contribution >= 4 is 5.91 Å². The molecule has 7 heteroatoms. The number of rotatable bonds is 10. The number of aromatic amines is 1. The molecule has 2 aromatic carbocycles. The summed E-state index contributed by atoms with van der Waals surface area (Å²) in [5.41, 5.74) is 3.31. The Morgan fingerprint density at radius 2 is 1.90 bits per heavy atom. The Hall–Kier alpha value is -3.06. The van der Waals surface area contributed by atoms with Gasteiger partial charge in [-0.2, -0.15) is 5.21 Å². The van der Waals surface area contributed by atoms with Gasteiger partial charge in [-0.3, -0.25) is 4.79 Å². The van der Waals surface area contributed by atoms with Crippen molar-refractivity contribution in [2.75, 3.05) is 6.54 Å². The Labute approximate surface area is 182 Å². The fraction of sp³-hybridized carbons (Fsp3) is 0.417. The summed E-state index contributed by atoms with van der Waals surface area (Å²) in [5, 5.41) is 24.4. The zero-order valence-electron chi connectivity index (χ0n) is 17.7. The molecule has 1 aromatic heterocycles. The summed E-state index contributed by atoms with van der Waals surface area (Å²) >= 11 is 0. The molecule has 4 rings (SSSR count). The van der Waals surface area contributed by atoms with Gasteiger partial charge in [0.05, 0.1) is 6.10 Å². The predicted molar refractivity (Wildman–Crippen MR) is 118 cm³/mol. The SMILES string of the molecule is O=C1CCC(CCC(O)Cc2ccccc2)N1CCCc1ccc(-c2nn[nH]n2)cc1. The van der Waals surface area contributed by atoms with Crippen LogP contribution in [0, 0.1) is 0 Å².